The first kappa shape index (κ1) is 20.0. The largest absolute Gasteiger partial charge is 0.361 e. The van der Waals surface area contributed by atoms with Crippen molar-refractivity contribution in [3.05, 3.63) is 17.0 Å². The molecule has 7 heteroatoms. The molecule has 0 aliphatic rings. The van der Waals surface area contributed by atoms with Crippen molar-refractivity contribution < 1.29 is 9.32 Å². The summed E-state index contributed by atoms with van der Waals surface area (Å²) in [5, 5.41) is 13.4. The minimum atomic E-state index is 0.000394. The smallest absolute Gasteiger partial charge is 0.222 e. The lowest BCUT2D eigenvalue weighted by atomic mass is 10.1. The van der Waals surface area contributed by atoms with E-state index in [2.05, 4.69) is 33.0 Å². The van der Waals surface area contributed by atoms with E-state index in [1.54, 1.807) is 0 Å². The summed E-state index contributed by atoms with van der Waals surface area (Å²) < 4.78 is 5.37. The van der Waals surface area contributed by atoms with Gasteiger partial charge in [0, 0.05) is 37.5 Å². The van der Waals surface area contributed by atoms with Gasteiger partial charge in [-0.15, -0.1) is 0 Å². The average molecular weight is 337 g/mol. The molecule has 0 bridgehead atoms. The summed E-state index contributed by atoms with van der Waals surface area (Å²) in [6.45, 7) is 12.4. The van der Waals surface area contributed by atoms with Gasteiger partial charge in [-0.3, -0.25) is 4.79 Å². The van der Waals surface area contributed by atoms with E-state index in [0.717, 1.165) is 42.4 Å². The molecule has 136 valence electrons. The van der Waals surface area contributed by atoms with Crippen LogP contribution in [0.15, 0.2) is 9.52 Å². The quantitative estimate of drug-likeness (QED) is 0.362. The number of hydrogen-bond acceptors (Lipinski definition) is 4. The first-order valence-electron chi connectivity index (χ1n) is 8.79. The van der Waals surface area contributed by atoms with E-state index in [0.29, 0.717) is 19.6 Å². The molecule has 3 N–H and O–H groups in total. The van der Waals surface area contributed by atoms with Gasteiger partial charge in [0.2, 0.25) is 5.91 Å². The Morgan fingerprint density at radius 2 is 1.83 bits per heavy atom. The molecule has 1 aromatic heterocycles. The van der Waals surface area contributed by atoms with Crippen LogP contribution in [0, 0.1) is 5.92 Å². The Balaban J connectivity index is 2.59. The maximum Gasteiger partial charge on any atom is 0.222 e. The van der Waals surface area contributed by atoms with Crippen LogP contribution in [0.25, 0.3) is 0 Å². The summed E-state index contributed by atoms with van der Waals surface area (Å²) in [6, 6.07) is 0. The molecular formula is C17H31N5O2. The van der Waals surface area contributed by atoms with Gasteiger partial charge in [-0.05, 0) is 13.3 Å². The normalized spacial score (nSPS) is 11.7. The van der Waals surface area contributed by atoms with E-state index >= 15 is 0 Å². The number of aromatic nitrogens is 1. The van der Waals surface area contributed by atoms with Crippen molar-refractivity contribution in [1.82, 2.24) is 21.1 Å². The second-order valence-electron chi connectivity index (χ2n) is 5.81. The second kappa shape index (κ2) is 10.7. The summed E-state index contributed by atoms with van der Waals surface area (Å²) >= 11 is 0. The third-order valence-corrected chi connectivity index (χ3v) is 3.59. The van der Waals surface area contributed by atoms with Gasteiger partial charge in [-0.25, -0.2) is 4.99 Å². The Bertz CT molecular complexity index is 516. The van der Waals surface area contributed by atoms with Crippen molar-refractivity contribution in [2.45, 2.75) is 54.0 Å². The fourth-order valence-corrected chi connectivity index (χ4v) is 2.19. The fraction of sp³-hybridized carbons (Fsp3) is 0.706. The van der Waals surface area contributed by atoms with Crippen LogP contribution in [-0.2, 0) is 24.2 Å². The molecule has 0 atom stereocenters. The molecule has 0 aliphatic carbocycles. The molecule has 0 aliphatic heterocycles. The first-order valence-corrected chi connectivity index (χ1v) is 8.79. The third-order valence-electron chi connectivity index (χ3n) is 3.59. The number of guanidine groups is 1. The minimum Gasteiger partial charge on any atom is -0.361 e. The van der Waals surface area contributed by atoms with Gasteiger partial charge in [0.1, 0.15) is 5.76 Å². The number of aliphatic imine (C=N–C) groups is 1. The molecule has 0 saturated heterocycles. The summed E-state index contributed by atoms with van der Waals surface area (Å²) in [5.41, 5.74) is 2.04. The highest BCUT2D eigenvalue weighted by atomic mass is 16.5. The van der Waals surface area contributed by atoms with Crippen LogP contribution in [0.5, 0.6) is 0 Å². The number of aryl methyl sites for hydroxylation is 2. The van der Waals surface area contributed by atoms with Crippen LogP contribution in [0.2, 0.25) is 0 Å². The van der Waals surface area contributed by atoms with E-state index in [1.807, 2.05) is 27.7 Å². The highest BCUT2D eigenvalue weighted by Gasteiger charge is 2.13. The summed E-state index contributed by atoms with van der Waals surface area (Å²) in [4.78, 5) is 16.1. The van der Waals surface area contributed by atoms with Crippen molar-refractivity contribution in [2.24, 2.45) is 10.9 Å². The zero-order valence-electron chi connectivity index (χ0n) is 15.5. The predicted molar refractivity (Wildman–Crippen MR) is 95.9 cm³/mol. The monoisotopic (exact) mass is 337 g/mol. The van der Waals surface area contributed by atoms with Gasteiger partial charge >= 0.3 is 0 Å². The Morgan fingerprint density at radius 3 is 2.42 bits per heavy atom. The zero-order chi connectivity index (χ0) is 17.9. The molecular weight excluding hydrogens is 306 g/mol. The van der Waals surface area contributed by atoms with Gasteiger partial charge < -0.3 is 20.5 Å². The number of nitrogens with one attached hydrogen (secondary N) is 3. The van der Waals surface area contributed by atoms with Gasteiger partial charge in [-0.1, -0.05) is 32.9 Å². The maximum absolute atomic E-state index is 11.5. The number of hydrogen-bond donors (Lipinski definition) is 3. The molecule has 0 spiro atoms. The number of amides is 1. The number of rotatable bonds is 9. The lowest BCUT2D eigenvalue weighted by Gasteiger charge is -2.12. The van der Waals surface area contributed by atoms with Gasteiger partial charge in [0.25, 0.3) is 0 Å². The zero-order valence-corrected chi connectivity index (χ0v) is 15.5. The topological polar surface area (TPSA) is 91.6 Å². The van der Waals surface area contributed by atoms with Crippen LogP contribution in [0.3, 0.4) is 0 Å². The summed E-state index contributed by atoms with van der Waals surface area (Å²) in [5.74, 6) is 1.68. The maximum atomic E-state index is 11.5. The van der Waals surface area contributed by atoms with Crippen LogP contribution >= 0.6 is 0 Å². The van der Waals surface area contributed by atoms with E-state index in [9.17, 15) is 4.79 Å². The predicted octanol–water partition coefficient (Wildman–Crippen LogP) is 1.63. The molecule has 24 heavy (non-hydrogen) atoms. The van der Waals surface area contributed by atoms with E-state index in [-0.39, 0.29) is 11.8 Å². The Labute approximate surface area is 144 Å². The minimum absolute atomic E-state index is 0.000394. The van der Waals surface area contributed by atoms with Crippen LogP contribution in [-0.4, -0.2) is 36.7 Å². The lowest BCUT2D eigenvalue weighted by molar-refractivity contribution is -0.123. The highest BCUT2D eigenvalue weighted by Crippen LogP contribution is 2.16. The molecule has 1 aromatic rings. The van der Waals surface area contributed by atoms with E-state index < -0.39 is 0 Å². The molecule has 1 heterocycles. The van der Waals surface area contributed by atoms with Gasteiger partial charge in [0.05, 0.1) is 12.2 Å². The van der Waals surface area contributed by atoms with Crippen LogP contribution in [0.1, 0.15) is 51.6 Å². The Kier molecular flexibility index (Phi) is 8.89. The molecule has 0 fully saturated rings. The van der Waals surface area contributed by atoms with Gasteiger partial charge in [-0.2, -0.15) is 0 Å². The van der Waals surface area contributed by atoms with Crippen LogP contribution in [0.4, 0.5) is 0 Å². The van der Waals surface area contributed by atoms with E-state index in [4.69, 9.17) is 4.52 Å². The number of carbonyl (C=O) groups excluding carboxylic acids is 1. The first-order chi connectivity index (χ1) is 11.5. The lowest BCUT2D eigenvalue weighted by Crippen LogP contribution is -2.42. The Morgan fingerprint density at radius 1 is 1.12 bits per heavy atom. The average Bonchev–Trinajstić information content (AvgIpc) is 2.97. The van der Waals surface area contributed by atoms with Crippen LogP contribution < -0.4 is 16.0 Å². The SMILES string of the molecule is CCNC(=NCc1c(CC)noc1CC)NCCNC(=O)C(C)C. The van der Waals surface area contributed by atoms with Crippen molar-refractivity contribution in [3.8, 4) is 0 Å². The standard InChI is InChI=1S/C17H31N5O2/c1-6-14-13(15(7-2)24-22-14)11-21-17(18-8-3)20-10-9-19-16(23)12(4)5/h12H,6-11H2,1-5H3,(H,19,23)(H2,18,20,21). The van der Waals surface area contributed by atoms with Crippen molar-refractivity contribution >= 4 is 11.9 Å². The van der Waals surface area contributed by atoms with Crippen molar-refractivity contribution in [3.63, 3.8) is 0 Å². The van der Waals surface area contributed by atoms with E-state index in [1.165, 1.54) is 0 Å². The molecule has 1 rings (SSSR count). The molecule has 0 saturated carbocycles. The number of carbonyl (C=O) groups is 1. The molecule has 1 amide bonds. The summed E-state index contributed by atoms with van der Waals surface area (Å²) in [6.07, 6.45) is 1.64. The molecule has 0 aromatic carbocycles. The van der Waals surface area contributed by atoms with Crippen molar-refractivity contribution in [1.29, 1.82) is 0 Å². The highest BCUT2D eigenvalue weighted by molar-refractivity contribution is 5.80. The molecule has 0 radical (unpaired) electrons. The summed E-state index contributed by atoms with van der Waals surface area (Å²) in [7, 11) is 0. The fourth-order valence-electron chi connectivity index (χ4n) is 2.19. The molecule has 7 nitrogen and oxygen atoms in total. The number of nitrogens with zero attached hydrogens (tertiary/aromatic N) is 2. The van der Waals surface area contributed by atoms with Gasteiger partial charge in [0.15, 0.2) is 5.96 Å². The second-order valence-corrected chi connectivity index (χ2v) is 5.81. The molecule has 0 unspecified atom stereocenters. The Hall–Kier alpha value is -2.05. The van der Waals surface area contributed by atoms with Crippen molar-refractivity contribution in [2.75, 3.05) is 19.6 Å². The third kappa shape index (κ3) is 6.22.